The lowest BCUT2D eigenvalue weighted by molar-refractivity contribution is 0.669. The van der Waals surface area contributed by atoms with Gasteiger partial charge in [0.2, 0.25) is 0 Å². The zero-order valence-corrected chi connectivity index (χ0v) is 22.8. The van der Waals surface area contributed by atoms with E-state index in [1.807, 2.05) is 12.1 Å². The Morgan fingerprint density at radius 2 is 1.00 bits per heavy atom. The molecule has 0 saturated heterocycles. The van der Waals surface area contributed by atoms with E-state index < -0.39 is 0 Å². The molecule has 0 amide bonds. The Balaban J connectivity index is 1.31. The highest BCUT2D eigenvalue weighted by Gasteiger charge is 2.17. The highest BCUT2D eigenvalue weighted by molar-refractivity contribution is 6.13. The molecule has 42 heavy (non-hydrogen) atoms. The van der Waals surface area contributed by atoms with Gasteiger partial charge in [-0.1, -0.05) is 115 Å². The van der Waals surface area contributed by atoms with Gasteiger partial charge in [-0.05, 0) is 64.0 Å². The Kier molecular flexibility index (Phi) is 4.93. The van der Waals surface area contributed by atoms with E-state index in [-0.39, 0.29) is 0 Å². The number of para-hydroxylation sites is 2. The molecule has 0 aliphatic carbocycles. The van der Waals surface area contributed by atoms with Crippen LogP contribution in [0.2, 0.25) is 0 Å². The van der Waals surface area contributed by atoms with E-state index >= 15 is 0 Å². The quantitative estimate of drug-likeness (QED) is 0.220. The van der Waals surface area contributed by atoms with Crippen LogP contribution in [0.1, 0.15) is 0 Å². The molecule has 2 aromatic heterocycles. The highest BCUT2D eigenvalue weighted by atomic mass is 16.3. The molecule has 2 heteroatoms. The fraction of sp³-hybridized carbons (Fsp3) is 0. The number of nitrogens with zero attached hydrogens (tertiary/aromatic N) is 1. The second-order valence-electron chi connectivity index (χ2n) is 10.9. The first-order chi connectivity index (χ1) is 20.8. The summed E-state index contributed by atoms with van der Waals surface area (Å²) in [6.45, 7) is 0. The molecule has 0 fully saturated rings. The Bertz CT molecular complexity index is 2460. The lowest BCUT2D eigenvalue weighted by Crippen LogP contribution is -1.96. The summed E-state index contributed by atoms with van der Waals surface area (Å²) in [5.74, 6) is 0. The first-order valence-corrected chi connectivity index (χ1v) is 14.4. The van der Waals surface area contributed by atoms with Crippen molar-refractivity contribution in [3.63, 3.8) is 0 Å². The minimum atomic E-state index is 0.917. The summed E-state index contributed by atoms with van der Waals surface area (Å²) in [6.07, 6.45) is 0. The van der Waals surface area contributed by atoms with Gasteiger partial charge in [-0.2, -0.15) is 0 Å². The van der Waals surface area contributed by atoms with Crippen LogP contribution in [-0.2, 0) is 0 Å². The van der Waals surface area contributed by atoms with E-state index in [0.717, 1.165) is 21.9 Å². The van der Waals surface area contributed by atoms with E-state index in [4.69, 9.17) is 4.42 Å². The maximum absolute atomic E-state index is 6.11. The number of fused-ring (bicyclic) bond motifs is 7. The van der Waals surface area contributed by atoms with Gasteiger partial charge in [0.1, 0.15) is 11.2 Å². The fourth-order valence-electron chi connectivity index (χ4n) is 6.66. The zero-order chi connectivity index (χ0) is 27.6. The largest absolute Gasteiger partial charge is 0.456 e. The molecule has 0 saturated carbocycles. The van der Waals surface area contributed by atoms with Gasteiger partial charge < -0.3 is 8.98 Å². The summed E-state index contributed by atoms with van der Waals surface area (Å²) in [5, 5.41) is 7.28. The topological polar surface area (TPSA) is 18.1 Å². The number of aromatic nitrogens is 1. The summed E-state index contributed by atoms with van der Waals surface area (Å²) < 4.78 is 8.55. The second-order valence-corrected chi connectivity index (χ2v) is 10.9. The van der Waals surface area contributed by atoms with Gasteiger partial charge in [0.05, 0.1) is 16.7 Å². The van der Waals surface area contributed by atoms with Gasteiger partial charge in [0, 0.05) is 26.9 Å². The standard InChI is InChI=1S/C40H25NO/c1-2-10-26(11-3-1)29-21-22-37(31-13-5-4-12-30(29)31)41-36-16-8-6-14-32(36)33-20-18-28(25-38(33)41)27-19-23-40-35(24-27)34-15-7-9-17-39(34)42-40/h1-25H. The predicted molar refractivity (Wildman–Crippen MR) is 176 cm³/mol. The number of furan rings is 1. The van der Waals surface area contributed by atoms with Crippen LogP contribution in [-0.4, -0.2) is 4.57 Å². The normalized spacial score (nSPS) is 11.8. The molecular weight excluding hydrogens is 510 g/mol. The summed E-state index contributed by atoms with van der Waals surface area (Å²) >= 11 is 0. The van der Waals surface area contributed by atoms with Crippen molar-refractivity contribution in [1.82, 2.24) is 4.57 Å². The molecule has 196 valence electrons. The summed E-state index contributed by atoms with van der Waals surface area (Å²) in [6, 6.07) is 54.4. The summed E-state index contributed by atoms with van der Waals surface area (Å²) in [5.41, 5.74) is 10.3. The average molecular weight is 536 g/mol. The van der Waals surface area contributed by atoms with E-state index in [1.165, 1.54) is 60.5 Å². The Labute approximate surface area is 242 Å². The molecule has 2 nitrogen and oxygen atoms in total. The molecule has 2 heterocycles. The van der Waals surface area contributed by atoms with Crippen LogP contribution in [0.3, 0.4) is 0 Å². The van der Waals surface area contributed by atoms with Crippen LogP contribution in [0.25, 0.3) is 82.5 Å². The molecule has 0 atom stereocenters. The third-order valence-corrected chi connectivity index (χ3v) is 8.61. The monoisotopic (exact) mass is 535 g/mol. The maximum atomic E-state index is 6.11. The zero-order valence-electron chi connectivity index (χ0n) is 22.8. The molecule has 9 aromatic rings. The Hall–Kier alpha value is -5.60. The van der Waals surface area contributed by atoms with Gasteiger partial charge in [0.15, 0.2) is 0 Å². The van der Waals surface area contributed by atoms with E-state index in [2.05, 4.69) is 144 Å². The number of benzene rings is 7. The highest BCUT2D eigenvalue weighted by Crippen LogP contribution is 2.40. The van der Waals surface area contributed by atoms with Crippen LogP contribution in [0, 0.1) is 0 Å². The summed E-state index contributed by atoms with van der Waals surface area (Å²) in [7, 11) is 0. The molecule has 9 rings (SSSR count). The molecule has 0 unspecified atom stereocenters. The van der Waals surface area contributed by atoms with Crippen molar-refractivity contribution in [2.45, 2.75) is 0 Å². The first-order valence-electron chi connectivity index (χ1n) is 14.4. The lowest BCUT2D eigenvalue weighted by atomic mass is 9.97. The predicted octanol–water partition coefficient (Wildman–Crippen LogP) is 11.2. The van der Waals surface area contributed by atoms with Gasteiger partial charge in [-0.25, -0.2) is 0 Å². The van der Waals surface area contributed by atoms with Crippen molar-refractivity contribution < 1.29 is 4.42 Å². The van der Waals surface area contributed by atoms with Crippen molar-refractivity contribution in [3.05, 3.63) is 152 Å². The molecule has 0 spiro atoms. The first kappa shape index (κ1) is 23.1. The third kappa shape index (κ3) is 3.39. The van der Waals surface area contributed by atoms with Gasteiger partial charge in [0.25, 0.3) is 0 Å². The molecule has 0 radical (unpaired) electrons. The van der Waals surface area contributed by atoms with Crippen LogP contribution >= 0.6 is 0 Å². The molecular formula is C40H25NO. The van der Waals surface area contributed by atoms with E-state index in [9.17, 15) is 0 Å². The Morgan fingerprint density at radius 1 is 0.357 bits per heavy atom. The van der Waals surface area contributed by atoms with Gasteiger partial charge in [-0.15, -0.1) is 0 Å². The molecule has 0 aliphatic heterocycles. The van der Waals surface area contributed by atoms with Crippen molar-refractivity contribution in [1.29, 1.82) is 0 Å². The minimum absolute atomic E-state index is 0.917. The molecule has 7 aromatic carbocycles. The van der Waals surface area contributed by atoms with Crippen LogP contribution in [0.15, 0.2) is 156 Å². The van der Waals surface area contributed by atoms with Crippen LogP contribution in [0.5, 0.6) is 0 Å². The fourth-order valence-corrected chi connectivity index (χ4v) is 6.66. The van der Waals surface area contributed by atoms with Gasteiger partial charge in [-0.3, -0.25) is 0 Å². The van der Waals surface area contributed by atoms with E-state index in [0.29, 0.717) is 0 Å². The SMILES string of the molecule is c1ccc(-c2ccc(-n3c4ccccc4c4ccc(-c5ccc6oc7ccccc7c6c5)cc43)c3ccccc23)cc1. The average Bonchev–Trinajstić information content (AvgIpc) is 3.59. The minimum Gasteiger partial charge on any atom is -0.456 e. The Morgan fingerprint density at radius 3 is 1.88 bits per heavy atom. The van der Waals surface area contributed by atoms with Crippen molar-refractivity contribution >= 4 is 54.5 Å². The lowest BCUT2D eigenvalue weighted by Gasteiger charge is -2.15. The smallest absolute Gasteiger partial charge is 0.135 e. The van der Waals surface area contributed by atoms with Crippen LogP contribution < -0.4 is 0 Å². The number of hydrogen-bond donors (Lipinski definition) is 0. The maximum Gasteiger partial charge on any atom is 0.135 e. The van der Waals surface area contributed by atoms with Gasteiger partial charge >= 0.3 is 0 Å². The number of rotatable bonds is 3. The van der Waals surface area contributed by atoms with Crippen molar-refractivity contribution in [2.75, 3.05) is 0 Å². The molecule has 0 aliphatic rings. The molecule has 0 N–H and O–H groups in total. The molecule has 0 bridgehead atoms. The van der Waals surface area contributed by atoms with E-state index in [1.54, 1.807) is 0 Å². The number of hydrogen-bond acceptors (Lipinski definition) is 1. The van der Waals surface area contributed by atoms with Crippen molar-refractivity contribution in [3.8, 4) is 27.9 Å². The third-order valence-electron chi connectivity index (χ3n) is 8.61. The second kappa shape index (κ2) is 8.95. The van der Waals surface area contributed by atoms with Crippen LogP contribution in [0.4, 0.5) is 0 Å². The summed E-state index contributed by atoms with van der Waals surface area (Å²) in [4.78, 5) is 0. The van der Waals surface area contributed by atoms with Crippen molar-refractivity contribution in [2.24, 2.45) is 0 Å².